The van der Waals surface area contributed by atoms with Gasteiger partial charge in [0.05, 0.1) is 0 Å². The zero-order valence-electron chi connectivity index (χ0n) is 14.5. The quantitative estimate of drug-likeness (QED) is 0.803. The van der Waals surface area contributed by atoms with Crippen molar-refractivity contribution in [3.05, 3.63) is 35.4 Å². The number of amides is 1. The van der Waals surface area contributed by atoms with Gasteiger partial charge in [0.25, 0.3) is 0 Å². The van der Waals surface area contributed by atoms with Crippen LogP contribution < -0.4 is 5.73 Å². The van der Waals surface area contributed by atoms with Gasteiger partial charge in [0.1, 0.15) is 0 Å². The van der Waals surface area contributed by atoms with Crippen molar-refractivity contribution in [3.8, 4) is 0 Å². The summed E-state index contributed by atoms with van der Waals surface area (Å²) in [5.74, 6) is 0.791. The maximum atomic E-state index is 12.3. The Balaban J connectivity index is 0.00000264. The largest absolute Gasteiger partial charge is 0.342 e. The van der Waals surface area contributed by atoms with Crippen molar-refractivity contribution >= 4 is 18.3 Å². The van der Waals surface area contributed by atoms with Crippen molar-refractivity contribution in [3.63, 3.8) is 0 Å². The second kappa shape index (κ2) is 9.94. The third kappa shape index (κ3) is 6.52. The molecule has 1 heterocycles. The molecular formula is C19H31ClN2O. The third-order valence-electron chi connectivity index (χ3n) is 4.78. The van der Waals surface area contributed by atoms with Gasteiger partial charge in [0.2, 0.25) is 5.91 Å². The summed E-state index contributed by atoms with van der Waals surface area (Å²) < 4.78 is 0. The number of aryl methyl sites for hydroxylation is 2. The summed E-state index contributed by atoms with van der Waals surface area (Å²) >= 11 is 0. The van der Waals surface area contributed by atoms with Gasteiger partial charge in [-0.3, -0.25) is 4.79 Å². The van der Waals surface area contributed by atoms with E-state index in [9.17, 15) is 4.79 Å². The minimum atomic E-state index is 0. The smallest absolute Gasteiger partial charge is 0.222 e. The number of hydrogen-bond donors (Lipinski definition) is 1. The van der Waals surface area contributed by atoms with E-state index >= 15 is 0 Å². The standard InChI is InChI=1S/C19H30N2O.ClH/c1-15-9-11-17(12-10-15)6-3-4-8-19(22)21-13-5-7-18(14-21)16(2)20;/h9-12,16,18H,3-8,13-14,20H2,1-2H3;1H. The number of carbonyl (C=O) groups excluding carboxylic acids is 1. The van der Waals surface area contributed by atoms with Crippen molar-refractivity contribution in [2.24, 2.45) is 11.7 Å². The fourth-order valence-electron chi connectivity index (χ4n) is 3.18. The molecule has 0 radical (unpaired) electrons. The SMILES string of the molecule is Cc1ccc(CCCCC(=O)N2CCCC(C(C)N)C2)cc1.Cl. The van der Waals surface area contributed by atoms with Gasteiger partial charge in [-0.25, -0.2) is 0 Å². The van der Waals surface area contributed by atoms with Gasteiger partial charge < -0.3 is 10.6 Å². The Kier molecular flexibility index (Phi) is 8.64. The van der Waals surface area contributed by atoms with E-state index in [2.05, 4.69) is 38.1 Å². The van der Waals surface area contributed by atoms with Gasteiger partial charge in [-0.1, -0.05) is 29.8 Å². The highest BCUT2D eigenvalue weighted by atomic mass is 35.5. The first-order valence-electron chi connectivity index (χ1n) is 8.65. The number of likely N-dealkylation sites (tertiary alicyclic amines) is 1. The number of carbonyl (C=O) groups is 1. The maximum Gasteiger partial charge on any atom is 0.222 e. The number of piperidine rings is 1. The topological polar surface area (TPSA) is 46.3 Å². The molecule has 1 aliphatic heterocycles. The van der Waals surface area contributed by atoms with E-state index in [1.807, 2.05) is 4.90 Å². The molecule has 1 aliphatic rings. The molecule has 4 heteroatoms. The van der Waals surface area contributed by atoms with Crippen LogP contribution in [0.25, 0.3) is 0 Å². The number of halogens is 1. The van der Waals surface area contributed by atoms with Gasteiger partial charge in [-0.2, -0.15) is 0 Å². The number of unbranched alkanes of at least 4 members (excludes halogenated alkanes) is 1. The minimum absolute atomic E-state index is 0. The van der Waals surface area contributed by atoms with Crippen LogP contribution in [0, 0.1) is 12.8 Å². The van der Waals surface area contributed by atoms with Gasteiger partial charge in [0, 0.05) is 25.6 Å². The maximum absolute atomic E-state index is 12.3. The Morgan fingerprint density at radius 2 is 2.00 bits per heavy atom. The lowest BCUT2D eigenvalue weighted by molar-refractivity contribution is -0.133. The molecule has 130 valence electrons. The molecule has 1 aromatic carbocycles. The van der Waals surface area contributed by atoms with Crippen molar-refractivity contribution in [2.45, 2.75) is 58.4 Å². The minimum Gasteiger partial charge on any atom is -0.342 e. The molecule has 0 aliphatic carbocycles. The molecule has 2 unspecified atom stereocenters. The highest BCUT2D eigenvalue weighted by Crippen LogP contribution is 2.20. The second-order valence-electron chi connectivity index (χ2n) is 6.79. The average molecular weight is 339 g/mol. The molecule has 3 nitrogen and oxygen atoms in total. The molecule has 0 saturated carbocycles. The summed E-state index contributed by atoms with van der Waals surface area (Å²) in [6.45, 7) is 5.94. The Bertz CT molecular complexity index is 473. The first-order chi connectivity index (χ1) is 10.6. The van der Waals surface area contributed by atoms with E-state index in [4.69, 9.17) is 5.73 Å². The lowest BCUT2D eigenvalue weighted by Crippen LogP contribution is -2.44. The number of rotatable bonds is 6. The Hall–Kier alpha value is -1.06. The zero-order chi connectivity index (χ0) is 15.9. The summed E-state index contributed by atoms with van der Waals surface area (Å²) in [4.78, 5) is 14.3. The van der Waals surface area contributed by atoms with E-state index in [0.29, 0.717) is 18.2 Å². The Labute approximate surface area is 147 Å². The van der Waals surface area contributed by atoms with Crippen LogP contribution in [0.1, 0.15) is 50.2 Å². The molecule has 2 N–H and O–H groups in total. The first-order valence-corrected chi connectivity index (χ1v) is 8.65. The highest BCUT2D eigenvalue weighted by molar-refractivity contribution is 5.85. The average Bonchev–Trinajstić information content (AvgIpc) is 2.53. The van der Waals surface area contributed by atoms with Crippen molar-refractivity contribution < 1.29 is 4.79 Å². The van der Waals surface area contributed by atoms with E-state index in [1.54, 1.807) is 0 Å². The lowest BCUT2D eigenvalue weighted by Gasteiger charge is -2.34. The molecule has 0 aromatic heterocycles. The van der Waals surface area contributed by atoms with Crippen LogP contribution in [0.15, 0.2) is 24.3 Å². The summed E-state index contributed by atoms with van der Waals surface area (Å²) in [7, 11) is 0. The number of nitrogens with two attached hydrogens (primary N) is 1. The predicted molar refractivity (Wildman–Crippen MR) is 98.9 cm³/mol. The summed E-state index contributed by atoms with van der Waals surface area (Å²) in [6, 6.07) is 8.88. The van der Waals surface area contributed by atoms with E-state index < -0.39 is 0 Å². The highest BCUT2D eigenvalue weighted by Gasteiger charge is 2.25. The molecule has 2 rings (SSSR count). The molecule has 1 fully saturated rings. The number of hydrogen-bond acceptors (Lipinski definition) is 2. The van der Waals surface area contributed by atoms with Crippen LogP contribution in [0.4, 0.5) is 0 Å². The molecular weight excluding hydrogens is 308 g/mol. The van der Waals surface area contributed by atoms with Crippen LogP contribution in [0.5, 0.6) is 0 Å². The van der Waals surface area contributed by atoms with Crippen LogP contribution >= 0.6 is 12.4 Å². The Morgan fingerprint density at radius 1 is 1.30 bits per heavy atom. The molecule has 0 spiro atoms. The summed E-state index contributed by atoms with van der Waals surface area (Å²) in [5, 5.41) is 0. The fourth-order valence-corrected chi connectivity index (χ4v) is 3.18. The van der Waals surface area contributed by atoms with Gasteiger partial charge in [-0.15, -0.1) is 12.4 Å². The van der Waals surface area contributed by atoms with Crippen molar-refractivity contribution in [1.29, 1.82) is 0 Å². The third-order valence-corrected chi connectivity index (χ3v) is 4.78. The normalized spacial score (nSPS) is 19.1. The van der Waals surface area contributed by atoms with Crippen LogP contribution in [-0.2, 0) is 11.2 Å². The zero-order valence-corrected chi connectivity index (χ0v) is 15.3. The van der Waals surface area contributed by atoms with Gasteiger partial charge in [-0.05, 0) is 57.4 Å². The summed E-state index contributed by atoms with van der Waals surface area (Å²) in [6.07, 6.45) is 6.06. The van der Waals surface area contributed by atoms with E-state index in [-0.39, 0.29) is 18.4 Å². The van der Waals surface area contributed by atoms with E-state index in [1.165, 1.54) is 11.1 Å². The molecule has 1 aromatic rings. The predicted octanol–water partition coefficient (Wildman–Crippen LogP) is 3.72. The lowest BCUT2D eigenvalue weighted by atomic mass is 9.92. The number of nitrogens with zero attached hydrogens (tertiary/aromatic N) is 1. The van der Waals surface area contributed by atoms with Crippen LogP contribution in [0.2, 0.25) is 0 Å². The van der Waals surface area contributed by atoms with Crippen LogP contribution in [0.3, 0.4) is 0 Å². The monoisotopic (exact) mass is 338 g/mol. The van der Waals surface area contributed by atoms with Crippen molar-refractivity contribution in [1.82, 2.24) is 4.90 Å². The molecule has 1 saturated heterocycles. The number of benzene rings is 1. The molecule has 1 amide bonds. The van der Waals surface area contributed by atoms with Gasteiger partial charge >= 0.3 is 0 Å². The fraction of sp³-hybridized carbons (Fsp3) is 0.632. The van der Waals surface area contributed by atoms with Gasteiger partial charge in [0.15, 0.2) is 0 Å². The molecule has 2 atom stereocenters. The first kappa shape index (κ1) is 20.0. The molecule has 0 bridgehead atoms. The summed E-state index contributed by atoms with van der Waals surface area (Å²) in [5.41, 5.74) is 8.66. The Morgan fingerprint density at radius 3 is 2.65 bits per heavy atom. The van der Waals surface area contributed by atoms with E-state index in [0.717, 1.165) is 45.2 Å². The second-order valence-corrected chi connectivity index (χ2v) is 6.79. The van der Waals surface area contributed by atoms with Crippen molar-refractivity contribution in [2.75, 3.05) is 13.1 Å². The molecule has 23 heavy (non-hydrogen) atoms. The van der Waals surface area contributed by atoms with Crippen LogP contribution in [-0.4, -0.2) is 29.9 Å².